The van der Waals surface area contributed by atoms with Crippen LogP contribution < -0.4 is 0 Å². The van der Waals surface area contributed by atoms with E-state index >= 15 is 0 Å². The lowest BCUT2D eigenvalue weighted by atomic mass is 9.96. The Hall–Kier alpha value is -1.88. The first-order chi connectivity index (χ1) is 8.93. The molecule has 1 aromatic rings. The van der Waals surface area contributed by atoms with Crippen LogP contribution in [0, 0.1) is 0 Å². The van der Waals surface area contributed by atoms with Crippen molar-refractivity contribution in [3.05, 3.63) is 34.9 Å². The van der Waals surface area contributed by atoms with Gasteiger partial charge < -0.3 is 15.1 Å². The number of carbonyl (C=O) groups is 2. The first-order valence-corrected chi connectivity index (χ1v) is 6.16. The summed E-state index contributed by atoms with van der Waals surface area (Å²) in [6.07, 6.45) is 2.14. The third kappa shape index (κ3) is 4.37. The summed E-state index contributed by atoms with van der Waals surface area (Å²) in [6.45, 7) is 0.900. The molecule has 5 nitrogen and oxygen atoms in total. The Morgan fingerprint density at radius 3 is 2.00 bits per heavy atom. The number of nitrogens with zero attached hydrogens (tertiary/aromatic N) is 1. The maximum absolute atomic E-state index is 11.1. The first-order valence-electron chi connectivity index (χ1n) is 6.16. The fraction of sp³-hybridized carbons (Fsp3) is 0.429. The largest absolute Gasteiger partial charge is 0.478 e. The summed E-state index contributed by atoms with van der Waals surface area (Å²) < 4.78 is 0. The van der Waals surface area contributed by atoms with Crippen LogP contribution in [-0.2, 0) is 6.42 Å². The second-order valence-electron chi connectivity index (χ2n) is 4.70. The molecule has 0 saturated heterocycles. The van der Waals surface area contributed by atoms with Crippen molar-refractivity contribution in [1.82, 2.24) is 4.90 Å². The monoisotopic (exact) mass is 265 g/mol. The molecule has 104 valence electrons. The Balaban J connectivity index is 2.89. The van der Waals surface area contributed by atoms with Gasteiger partial charge in [-0.2, -0.15) is 0 Å². The predicted octanol–water partition coefficient (Wildman–Crippen LogP) is 1.97. The van der Waals surface area contributed by atoms with Gasteiger partial charge in [0.15, 0.2) is 0 Å². The maximum atomic E-state index is 11.1. The van der Waals surface area contributed by atoms with Crippen LogP contribution in [0.5, 0.6) is 0 Å². The molecule has 0 aliphatic heterocycles. The van der Waals surface area contributed by atoms with Crippen molar-refractivity contribution in [2.24, 2.45) is 0 Å². The molecule has 0 atom stereocenters. The van der Waals surface area contributed by atoms with E-state index in [9.17, 15) is 9.59 Å². The van der Waals surface area contributed by atoms with Crippen molar-refractivity contribution < 1.29 is 19.8 Å². The zero-order valence-electron chi connectivity index (χ0n) is 11.2. The Labute approximate surface area is 112 Å². The van der Waals surface area contributed by atoms with Crippen LogP contribution in [0.3, 0.4) is 0 Å². The van der Waals surface area contributed by atoms with Crippen LogP contribution in [0.25, 0.3) is 0 Å². The highest BCUT2D eigenvalue weighted by Gasteiger charge is 2.17. The van der Waals surface area contributed by atoms with Crippen LogP contribution >= 0.6 is 0 Å². The average molecular weight is 265 g/mol. The number of hydrogen-bond donors (Lipinski definition) is 2. The number of unbranched alkanes of at least 4 members (excludes halogenated alkanes) is 1. The van der Waals surface area contributed by atoms with Crippen LogP contribution in [-0.4, -0.2) is 47.7 Å². The molecule has 0 heterocycles. The summed E-state index contributed by atoms with van der Waals surface area (Å²) in [5.74, 6) is -2.16. The molecule has 1 rings (SSSR count). The Bertz CT molecular complexity index is 436. The molecule has 0 aliphatic carbocycles. The van der Waals surface area contributed by atoms with E-state index < -0.39 is 11.9 Å². The van der Waals surface area contributed by atoms with Crippen molar-refractivity contribution in [2.75, 3.05) is 20.6 Å². The molecule has 5 heteroatoms. The molecule has 0 fully saturated rings. The second-order valence-corrected chi connectivity index (χ2v) is 4.70. The quantitative estimate of drug-likeness (QED) is 0.737. The number of hydrogen-bond acceptors (Lipinski definition) is 3. The number of benzene rings is 1. The Kier molecular flexibility index (Phi) is 5.51. The minimum atomic E-state index is -1.08. The smallest absolute Gasteiger partial charge is 0.335 e. The van der Waals surface area contributed by atoms with Gasteiger partial charge >= 0.3 is 11.9 Å². The van der Waals surface area contributed by atoms with Crippen LogP contribution in [0.2, 0.25) is 0 Å². The van der Waals surface area contributed by atoms with E-state index in [1.807, 2.05) is 19.0 Å². The van der Waals surface area contributed by atoms with Gasteiger partial charge in [-0.1, -0.05) is 6.07 Å². The zero-order valence-corrected chi connectivity index (χ0v) is 11.2. The highest BCUT2D eigenvalue weighted by atomic mass is 16.4. The Morgan fingerprint density at radius 2 is 1.58 bits per heavy atom. The van der Waals surface area contributed by atoms with Gasteiger partial charge in [-0.15, -0.1) is 0 Å². The molecule has 0 aromatic heterocycles. The third-order valence-corrected chi connectivity index (χ3v) is 2.92. The van der Waals surface area contributed by atoms with Crippen molar-refractivity contribution in [1.29, 1.82) is 0 Å². The summed E-state index contributed by atoms with van der Waals surface area (Å²) in [4.78, 5) is 24.3. The fourth-order valence-electron chi connectivity index (χ4n) is 1.99. The summed E-state index contributed by atoms with van der Waals surface area (Å²) in [5.41, 5.74) is 0.593. The molecule has 0 saturated carbocycles. The lowest BCUT2D eigenvalue weighted by Crippen LogP contribution is -2.14. The summed E-state index contributed by atoms with van der Waals surface area (Å²) in [6, 6.07) is 4.38. The number of rotatable bonds is 7. The number of carboxylic acid groups (broad SMARTS) is 2. The van der Waals surface area contributed by atoms with Crippen LogP contribution in [0.15, 0.2) is 18.2 Å². The lowest BCUT2D eigenvalue weighted by molar-refractivity contribution is 0.0695. The van der Waals surface area contributed by atoms with Gasteiger partial charge in [-0.25, -0.2) is 9.59 Å². The summed E-state index contributed by atoms with van der Waals surface area (Å²) in [7, 11) is 3.93. The predicted molar refractivity (Wildman–Crippen MR) is 71.9 cm³/mol. The van der Waals surface area contributed by atoms with Crippen LogP contribution in [0.4, 0.5) is 0 Å². The van der Waals surface area contributed by atoms with Gasteiger partial charge in [-0.05, 0) is 57.6 Å². The van der Waals surface area contributed by atoms with E-state index in [-0.39, 0.29) is 11.1 Å². The molecule has 0 radical (unpaired) electrons. The molecule has 0 unspecified atom stereocenters. The molecular weight excluding hydrogens is 246 g/mol. The Morgan fingerprint density at radius 1 is 1.05 bits per heavy atom. The topological polar surface area (TPSA) is 77.8 Å². The second kappa shape index (κ2) is 6.89. The molecule has 0 bridgehead atoms. The SMILES string of the molecule is CN(C)CCCCc1c(C(=O)O)cccc1C(=O)O. The minimum absolute atomic E-state index is 0.0877. The van der Waals surface area contributed by atoms with Gasteiger partial charge in [0, 0.05) is 0 Å². The van der Waals surface area contributed by atoms with Crippen LogP contribution in [0.1, 0.15) is 39.1 Å². The third-order valence-electron chi connectivity index (χ3n) is 2.92. The highest BCUT2D eigenvalue weighted by Crippen LogP contribution is 2.18. The lowest BCUT2D eigenvalue weighted by Gasteiger charge is -2.11. The molecule has 0 amide bonds. The summed E-state index contributed by atoms with van der Waals surface area (Å²) in [5, 5.41) is 18.2. The number of carboxylic acids is 2. The fourth-order valence-corrected chi connectivity index (χ4v) is 1.99. The van der Waals surface area contributed by atoms with E-state index in [2.05, 4.69) is 0 Å². The van der Waals surface area contributed by atoms with Crippen molar-refractivity contribution >= 4 is 11.9 Å². The molecule has 2 N–H and O–H groups in total. The maximum Gasteiger partial charge on any atom is 0.335 e. The average Bonchev–Trinajstić information content (AvgIpc) is 2.33. The van der Waals surface area contributed by atoms with Gasteiger partial charge in [0.1, 0.15) is 0 Å². The number of aromatic carboxylic acids is 2. The van der Waals surface area contributed by atoms with Gasteiger partial charge in [0.25, 0.3) is 0 Å². The first kappa shape index (κ1) is 15.2. The van der Waals surface area contributed by atoms with E-state index in [1.165, 1.54) is 18.2 Å². The van der Waals surface area contributed by atoms with Crippen molar-refractivity contribution in [3.8, 4) is 0 Å². The molecule has 0 aliphatic rings. The standard InChI is InChI=1S/C14H19NO4/c1-15(2)9-4-3-6-10-11(13(16)17)7-5-8-12(10)14(18)19/h5,7-8H,3-4,6,9H2,1-2H3,(H,16,17)(H,18,19). The highest BCUT2D eigenvalue weighted by molar-refractivity contribution is 5.96. The van der Waals surface area contributed by atoms with Gasteiger partial charge in [0.2, 0.25) is 0 Å². The molecule has 19 heavy (non-hydrogen) atoms. The zero-order chi connectivity index (χ0) is 14.4. The molecule has 1 aromatic carbocycles. The molecule has 0 spiro atoms. The normalized spacial score (nSPS) is 10.7. The van der Waals surface area contributed by atoms with Gasteiger partial charge in [0.05, 0.1) is 11.1 Å². The van der Waals surface area contributed by atoms with E-state index in [4.69, 9.17) is 10.2 Å². The van der Waals surface area contributed by atoms with E-state index in [0.29, 0.717) is 12.0 Å². The van der Waals surface area contributed by atoms with Gasteiger partial charge in [-0.3, -0.25) is 0 Å². The van der Waals surface area contributed by atoms with E-state index in [0.717, 1.165) is 19.4 Å². The molecular formula is C14H19NO4. The van der Waals surface area contributed by atoms with Crippen molar-refractivity contribution in [3.63, 3.8) is 0 Å². The van der Waals surface area contributed by atoms with Crippen molar-refractivity contribution in [2.45, 2.75) is 19.3 Å². The minimum Gasteiger partial charge on any atom is -0.478 e. The van der Waals surface area contributed by atoms with E-state index in [1.54, 1.807) is 0 Å². The summed E-state index contributed by atoms with van der Waals surface area (Å²) >= 11 is 0.